The van der Waals surface area contributed by atoms with Crippen molar-refractivity contribution in [3.63, 3.8) is 0 Å². The van der Waals surface area contributed by atoms with Crippen LogP contribution in [0.1, 0.15) is 24.8 Å². The number of H-pyrrole nitrogens is 1. The number of carbonyl (C=O) groups is 2. The van der Waals surface area contributed by atoms with Crippen molar-refractivity contribution in [3.8, 4) is 0 Å². The van der Waals surface area contributed by atoms with Crippen molar-refractivity contribution in [1.82, 2.24) is 4.98 Å². The first-order chi connectivity index (χ1) is 16.4. The van der Waals surface area contributed by atoms with E-state index in [1.54, 1.807) is 0 Å². The third-order valence-corrected chi connectivity index (χ3v) is 5.76. The smallest absolute Gasteiger partial charge is 0.550 e. The molecule has 1 unspecified atom stereocenters. The largest absolute Gasteiger partial charge is 1.00 e. The fraction of sp³-hybridized carbons (Fsp3) is 0.192. The summed E-state index contributed by atoms with van der Waals surface area (Å²) in [5.41, 5.74) is 5.39. The van der Waals surface area contributed by atoms with Crippen LogP contribution < -0.4 is 80.0 Å². The van der Waals surface area contributed by atoms with E-state index >= 15 is 0 Å². The Morgan fingerprint density at radius 2 is 1.42 bits per heavy atom. The number of aliphatic carboxylic acids is 2. The Bertz CT molecular complexity index is 1470. The number of aryl methyl sites for hydroxylation is 1. The molecule has 10 heteroatoms. The Kier molecular flexibility index (Phi) is 9.63. The molecule has 1 atom stereocenters. The quantitative estimate of drug-likeness (QED) is 0.391. The number of carboxylic acid groups (broad SMARTS) is 2. The second-order valence-corrected chi connectivity index (χ2v) is 8.32. The van der Waals surface area contributed by atoms with Crippen LogP contribution in [0.4, 0.5) is 0 Å². The standard InChI is InChI=1S/C26H22N4O4.2Na/c31-25(32)7-1-15-9-21-12-19-5-3-17(27-19)11-18-4-6-20(28-18)13-22-10-16(2-8-26(33)34)24(30-22)14-23(15)29-21;;/h3-6,9-14,23,30H,1-2,7-8H2,(H,31,32)(H,33,34);;/q;2*+1/p-2. The van der Waals surface area contributed by atoms with Gasteiger partial charge in [-0.15, -0.1) is 0 Å². The number of aliphatic imine (C=N–C) groups is 3. The van der Waals surface area contributed by atoms with Crippen LogP contribution >= 0.6 is 0 Å². The molecular formula is C26H20N4Na2O4. The minimum atomic E-state index is -1.12. The van der Waals surface area contributed by atoms with Crippen LogP contribution in [0, 0.1) is 0 Å². The van der Waals surface area contributed by atoms with Gasteiger partial charge in [0.25, 0.3) is 0 Å². The normalized spacial score (nSPS) is 18.8. The predicted molar refractivity (Wildman–Crippen MR) is 125 cm³/mol. The fourth-order valence-electron chi connectivity index (χ4n) is 4.18. The summed E-state index contributed by atoms with van der Waals surface area (Å²) in [7, 11) is 0. The molecule has 5 heterocycles. The SMILES string of the molecule is O=C([O-])CCC1=CC2=NC1C=c1[nH]c(cc1CCC(=O)[O-])=CC1=NC(=CC3=NC(=C2)C=C3)C=C1.[Na+].[Na+]. The van der Waals surface area contributed by atoms with Gasteiger partial charge in [0.2, 0.25) is 0 Å². The summed E-state index contributed by atoms with van der Waals surface area (Å²) in [4.78, 5) is 39.5. The molecule has 8 nitrogen and oxygen atoms in total. The molecule has 4 aliphatic heterocycles. The number of carboxylic acids is 2. The van der Waals surface area contributed by atoms with Gasteiger partial charge in [-0.05, 0) is 97.6 Å². The van der Waals surface area contributed by atoms with Gasteiger partial charge in [-0.3, -0.25) is 4.99 Å². The number of fused-ring (bicyclic) bond motifs is 5. The molecule has 170 valence electrons. The minimum Gasteiger partial charge on any atom is -0.550 e. The maximum absolute atomic E-state index is 11.1. The van der Waals surface area contributed by atoms with Crippen LogP contribution in [-0.2, 0) is 16.0 Å². The Labute approximate surface area is 251 Å². The average molecular weight is 498 g/mol. The molecule has 36 heavy (non-hydrogen) atoms. The number of carbonyl (C=O) groups excluding carboxylic acids is 2. The number of nitrogens with zero attached hydrogens (tertiary/aromatic N) is 3. The first-order valence-electron chi connectivity index (χ1n) is 11.0. The molecule has 0 aliphatic carbocycles. The number of hydrogen-bond donors (Lipinski definition) is 1. The molecule has 8 bridgehead atoms. The second kappa shape index (κ2) is 12.3. The fourth-order valence-corrected chi connectivity index (χ4v) is 4.18. The summed E-state index contributed by atoms with van der Waals surface area (Å²) in [5, 5.41) is 23.7. The molecule has 0 spiro atoms. The predicted octanol–water partition coefficient (Wildman–Crippen LogP) is -6.65. The topological polar surface area (TPSA) is 133 Å². The van der Waals surface area contributed by atoms with Gasteiger partial charge in [0.1, 0.15) is 0 Å². The third-order valence-electron chi connectivity index (χ3n) is 5.76. The van der Waals surface area contributed by atoms with E-state index < -0.39 is 18.0 Å². The first-order valence-corrected chi connectivity index (χ1v) is 11.0. The van der Waals surface area contributed by atoms with Gasteiger partial charge in [-0.1, -0.05) is 0 Å². The molecule has 0 radical (unpaired) electrons. The van der Waals surface area contributed by atoms with Crippen LogP contribution in [0.3, 0.4) is 0 Å². The number of aromatic amines is 1. The maximum Gasteiger partial charge on any atom is 1.00 e. The molecule has 5 rings (SSSR count). The Morgan fingerprint density at radius 1 is 0.806 bits per heavy atom. The number of aromatic nitrogens is 1. The van der Waals surface area contributed by atoms with Crippen molar-refractivity contribution in [2.45, 2.75) is 31.7 Å². The van der Waals surface area contributed by atoms with Crippen LogP contribution in [0.25, 0.3) is 12.2 Å². The van der Waals surface area contributed by atoms with Crippen LogP contribution in [0.5, 0.6) is 0 Å². The molecule has 0 saturated heterocycles. The van der Waals surface area contributed by atoms with Gasteiger partial charge in [0.15, 0.2) is 0 Å². The van der Waals surface area contributed by atoms with E-state index in [2.05, 4.69) is 15.0 Å². The number of nitrogens with one attached hydrogen (secondary N) is 1. The van der Waals surface area contributed by atoms with Crippen molar-refractivity contribution in [1.29, 1.82) is 0 Å². The van der Waals surface area contributed by atoms with E-state index in [4.69, 9.17) is 4.99 Å². The summed E-state index contributed by atoms with van der Waals surface area (Å²) >= 11 is 0. The summed E-state index contributed by atoms with van der Waals surface area (Å²) < 4.78 is 0. The number of rotatable bonds is 6. The van der Waals surface area contributed by atoms with E-state index in [0.29, 0.717) is 18.6 Å². The van der Waals surface area contributed by atoms with E-state index in [-0.39, 0.29) is 72.0 Å². The Hall–Kier alpha value is -2.33. The zero-order chi connectivity index (χ0) is 23.7. The van der Waals surface area contributed by atoms with Crippen molar-refractivity contribution in [3.05, 3.63) is 81.8 Å². The second-order valence-electron chi connectivity index (χ2n) is 8.32. The van der Waals surface area contributed by atoms with Crippen molar-refractivity contribution in [2.24, 2.45) is 15.0 Å². The van der Waals surface area contributed by atoms with Gasteiger partial charge >= 0.3 is 59.1 Å². The molecule has 0 saturated carbocycles. The van der Waals surface area contributed by atoms with E-state index in [1.807, 2.05) is 60.8 Å². The van der Waals surface area contributed by atoms with Gasteiger partial charge < -0.3 is 24.8 Å². The van der Waals surface area contributed by atoms with Crippen LogP contribution in [-0.4, -0.2) is 40.1 Å². The average Bonchev–Trinajstić information content (AvgIpc) is 3.55. The summed E-state index contributed by atoms with van der Waals surface area (Å²) in [6.07, 6.45) is 17.4. The van der Waals surface area contributed by atoms with Gasteiger partial charge in [0.05, 0.1) is 34.6 Å². The van der Waals surface area contributed by atoms with E-state index in [0.717, 1.165) is 44.7 Å². The molecule has 1 aromatic rings. The van der Waals surface area contributed by atoms with Crippen molar-refractivity contribution >= 4 is 41.2 Å². The summed E-state index contributed by atoms with van der Waals surface area (Å²) in [6.45, 7) is 0. The Morgan fingerprint density at radius 3 is 2.08 bits per heavy atom. The number of hydrogen-bond acceptors (Lipinski definition) is 7. The van der Waals surface area contributed by atoms with Gasteiger partial charge in [-0.25, -0.2) is 9.98 Å². The maximum atomic E-state index is 11.1. The van der Waals surface area contributed by atoms with Gasteiger partial charge in [-0.2, -0.15) is 0 Å². The molecule has 1 N–H and O–H groups in total. The molecule has 1 aromatic heterocycles. The van der Waals surface area contributed by atoms with E-state index in [1.165, 1.54) is 0 Å². The Balaban J connectivity index is 0.00000180. The summed E-state index contributed by atoms with van der Waals surface area (Å²) in [6, 6.07) is 1.50. The van der Waals surface area contributed by atoms with Crippen molar-refractivity contribution < 1.29 is 78.9 Å². The zero-order valence-corrected chi connectivity index (χ0v) is 24.2. The molecular weight excluding hydrogens is 478 g/mol. The first kappa shape index (κ1) is 28.2. The molecule has 4 aliphatic rings. The van der Waals surface area contributed by atoms with Crippen molar-refractivity contribution in [2.75, 3.05) is 0 Å². The third kappa shape index (κ3) is 6.91. The molecule has 0 amide bonds. The van der Waals surface area contributed by atoms with Crippen LogP contribution in [0.2, 0.25) is 0 Å². The molecule has 0 aromatic carbocycles. The summed E-state index contributed by atoms with van der Waals surface area (Å²) in [5.74, 6) is -2.25. The number of allylic oxidation sites excluding steroid dienone is 7. The molecule has 0 fully saturated rings. The van der Waals surface area contributed by atoms with Gasteiger partial charge in [0, 0.05) is 22.6 Å². The monoisotopic (exact) mass is 498 g/mol. The zero-order valence-electron chi connectivity index (χ0n) is 20.2. The van der Waals surface area contributed by atoms with E-state index in [9.17, 15) is 19.8 Å². The van der Waals surface area contributed by atoms with Crippen LogP contribution in [0.15, 0.2) is 80.5 Å². The minimum absolute atomic E-state index is 0.